The van der Waals surface area contributed by atoms with Crippen LogP contribution in [0.3, 0.4) is 0 Å². The summed E-state index contributed by atoms with van der Waals surface area (Å²) >= 11 is 0. The monoisotopic (exact) mass is 1080 g/mol. The number of quaternary nitrogens is 1. The van der Waals surface area contributed by atoms with Crippen molar-refractivity contribution in [1.29, 1.82) is 0 Å². The summed E-state index contributed by atoms with van der Waals surface area (Å²) in [4.78, 5) is 35.7. The summed E-state index contributed by atoms with van der Waals surface area (Å²) < 4.78 is 34.6. The first-order chi connectivity index (χ1) is 36.5. The molecule has 1 N–H and O–H groups in total. The van der Waals surface area contributed by atoms with Crippen LogP contribution in [0.15, 0.2) is 0 Å². The van der Waals surface area contributed by atoms with Crippen molar-refractivity contribution in [2.75, 3.05) is 47.5 Å². The highest BCUT2D eigenvalue weighted by Gasteiger charge is 2.27. The van der Waals surface area contributed by atoms with Crippen molar-refractivity contribution in [2.24, 2.45) is 0 Å². The lowest BCUT2D eigenvalue weighted by Gasteiger charge is -2.24. The molecule has 0 aromatic rings. The van der Waals surface area contributed by atoms with Crippen LogP contribution in [-0.2, 0) is 32.7 Å². The first-order valence-electron chi connectivity index (χ1n) is 33.3. The molecule has 0 aromatic carbocycles. The van der Waals surface area contributed by atoms with E-state index < -0.39 is 26.5 Å². The number of hydrogen-bond donors (Lipinski definition) is 1. The molecule has 448 valence electrons. The normalized spacial score (nSPS) is 13.1. The van der Waals surface area contributed by atoms with Crippen molar-refractivity contribution in [1.82, 2.24) is 0 Å². The Morgan fingerprint density at radius 3 is 0.853 bits per heavy atom. The van der Waals surface area contributed by atoms with Crippen LogP contribution in [0.25, 0.3) is 0 Å². The van der Waals surface area contributed by atoms with Crippen LogP contribution in [0.5, 0.6) is 0 Å². The zero-order valence-corrected chi connectivity index (χ0v) is 52.0. The van der Waals surface area contributed by atoms with E-state index in [1.54, 1.807) is 0 Å². The third kappa shape index (κ3) is 62.1. The summed E-state index contributed by atoms with van der Waals surface area (Å²) in [6, 6.07) is 0. The first-order valence-corrected chi connectivity index (χ1v) is 34.8. The molecule has 0 bridgehead atoms. The number of hydrogen-bond acceptors (Lipinski definition) is 7. The van der Waals surface area contributed by atoms with E-state index in [1.807, 2.05) is 21.1 Å². The van der Waals surface area contributed by atoms with Gasteiger partial charge >= 0.3 is 19.8 Å². The summed E-state index contributed by atoms with van der Waals surface area (Å²) in [5, 5.41) is 0. The molecule has 0 saturated carbocycles. The maximum Gasteiger partial charge on any atom is 0.472 e. The van der Waals surface area contributed by atoms with Gasteiger partial charge in [0.2, 0.25) is 0 Å². The molecule has 0 fully saturated rings. The van der Waals surface area contributed by atoms with E-state index in [0.29, 0.717) is 17.4 Å². The number of esters is 2. The van der Waals surface area contributed by atoms with Crippen LogP contribution in [-0.4, -0.2) is 74.9 Å². The lowest BCUT2D eigenvalue weighted by molar-refractivity contribution is -0.870. The van der Waals surface area contributed by atoms with E-state index in [9.17, 15) is 19.0 Å². The van der Waals surface area contributed by atoms with Crippen molar-refractivity contribution in [3.05, 3.63) is 0 Å². The summed E-state index contributed by atoms with van der Waals surface area (Å²) in [5.41, 5.74) is 0. The number of unbranched alkanes of at least 4 members (excludes halogenated alkanes) is 49. The number of ether oxygens (including phenoxy) is 2. The average Bonchev–Trinajstić information content (AvgIpc) is 3.37. The Bertz CT molecular complexity index is 1230. The van der Waals surface area contributed by atoms with Crippen molar-refractivity contribution in [2.45, 2.75) is 360 Å². The minimum absolute atomic E-state index is 0.0374. The lowest BCUT2D eigenvalue weighted by atomic mass is 10.0. The van der Waals surface area contributed by atoms with Gasteiger partial charge in [-0.15, -0.1) is 0 Å². The summed E-state index contributed by atoms with van der Waals surface area (Å²) in [6.07, 6.45) is 68.0. The average molecular weight is 1090 g/mol. The molecule has 9 nitrogen and oxygen atoms in total. The SMILES string of the molecule is CCCCCCCCCCCCCCCCCCCCCCCCCCCCCCCCCCCCCCCC(=O)OC(COC(=O)CCCCCCCCCCCCCCCC)COP(=O)(O)OCC[N+](C)(C)C. The number of phosphoric acid groups is 1. The van der Waals surface area contributed by atoms with E-state index in [2.05, 4.69) is 13.8 Å². The van der Waals surface area contributed by atoms with Crippen LogP contribution in [0.4, 0.5) is 0 Å². The minimum Gasteiger partial charge on any atom is -0.462 e. The number of phosphoric ester groups is 1. The Labute approximate surface area is 467 Å². The third-order valence-corrected chi connectivity index (χ3v) is 16.4. The molecule has 0 saturated heterocycles. The van der Waals surface area contributed by atoms with E-state index in [0.717, 1.165) is 38.5 Å². The number of carbonyl (C=O) groups excluding carboxylic acids is 2. The molecule has 0 amide bonds. The quantitative estimate of drug-likeness (QED) is 0.0278. The summed E-state index contributed by atoms with van der Waals surface area (Å²) in [6.45, 7) is 4.51. The number of likely N-dealkylation sites (N-methyl/N-ethyl adjacent to an activating group) is 1. The largest absolute Gasteiger partial charge is 0.472 e. The van der Waals surface area contributed by atoms with Crippen molar-refractivity contribution < 1.29 is 42.1 Å². The van der Waals surface area contributed by atoms with Gasteiger partial charge in [0.15, 0.2) is 6.10 Å². The van der Waals surface area contributed by atoms with E-state index >= 15 is 0 Å². The van der Waals surface area contributed by atoms with Crippen LogP contribution >= 0.6 is 7.82 Å². The Balaban J connectivity index is 3.85. The summed E-state index contributed by atoms with van der Waals surface area (Å²) in [5.74, 6) is -0.773. The molecule has 0 radical (unpaired) electrons. The van der Waals surface area contributed by atoms with Gasteiger partial charge < -0.3 is 18.9 Å². The molecule has 2 unspecified atom stereocenters. The fourth-order valence-corrected chi connectivity index (χ4v) is 11.0. The molecule has 0 aromatic heterocycles. The summed E-state index contributed by atoms with van der Waals surface area (Å²) in [7, 11) is 1.50. The Kier molecular flexibility index (Phi) is 56.9. The molecule has 0 aliphatic carbocycles. The lowest BCUT2D eigenvalue weighted by Crippen LogP contribution is -2.37. The minimum atomic E-state index is -4.38. The third-order valence-electron chi connectivity index (χ3n) is 15.4. The molecular formula is C65H131NO8P+. The van der Waals surface area contributed by atoms with Crippen LogP contribution in [0.2, 0.25) is 0 Å². The van der Waals surface area contributed by atoms with Gasteiger partial charge in [0, 0.05) is 12.8 Å². The highest BCUT2D eigenvalue weighted by Crippen LogP contribution is 2.43. The van der Waals surface area contributed by atoms with Crippen molar-refractivity contribution in [3.8, 4) is 0 Å². The highest BCUT2D eigenvalue weighted by atomic mass is 31.2. The standard InChI is InChI=1S/C65H130NO8P/c1-6-8-10-12-14-16-18-20-22-23-24-25-26-27-28-29-30-31-32-33-34-35-36-37-38-39-40-41-42-43-44-46-48-50-52-54-56-58-65(68)74-63(62-73-75(69,70)72-60-59-66(3,4)5)61-71-64(67)57-55-53-51-49-47-45-21-19-17-15-13-11-9-7-2/h63H,6-62H2,1-5H3/p+1. The predicted octanol–water partition coefficient (Wildman–Crippen LogP) is 21.0. The fourth-order valence-electron chi connectivity index (χ4n) is 10.3. The topological polar surface area (TPSA) is 108 Å². The smallest absolute Gasteiger partial charge is 0.462 e. The van der Waals surface area contributed by atoms with Gasteiger partial charge in [0.05, 0.1) is 27.7 Å². The molecule has 0 heterocycles. The van der Waals surface area contributed by atoms with Crippen LogP contribution in [0, 0.1) is 0 Å². The molecule has 2 atom stereocenters. The molecule has 0 spiro atoms. The molecular weight excluding hydrogens is 954 g/mol. The molecule has 0 rings (SSSR count). The maximum atomic E-state index is 12.8. The van der Waals surface area contributed by atoms with Crippen molar-refractivity contribution in [3.63, 3.8) is 0 Å². The fraction of sp³-hybridized carbons (Fsp3) is 0.969. The van der Waals surface area contributed by atoms with Gasteiger partial charge in [0.1, 0.15) is 19.8 Å². The number of carbonyl (C=O) groups is 2. The van der Waals surface area contributed by atoms with E-state index in [4.69, 9.17) is 18.5 Å². The molecule has 75 heavy (non-hydrogen) atoms. The van der Waals surface area contributed by atoms with Gasteiger partial charge in [-0.2, -0.15) is 0 Å². The van der Waals surface area contributed by atoms with E-state index in [-0.39, 0.29) is 25.6 Å². The van der Waals surface area contributed by atoms with Crippen LogP contribution < -0.4 is 0 Å². The number of nitrogens with zero attached hydrogens (tertiary/aromatic N) is 1. The van der Waals surface area contributed by atoms with Gasteiger partial charge in [-0.25, -0.2) is 4.57 Å². The molecule has 0 aliphatic rings. The molecule has 10 heteroatoms. The Hall–Kier alpha value is -0.990. The Morgan fingerprint density at radius 2 is 0.600 bits per heavy atom. The van der Waals surface area contributed by atoms with Gasteiger partial charge in [-0.05, 0) is 12.8 Å². The zero-order valence-electron chi connectivity index (χ0n) is 51.1. The van der Waals surface area contributed by atoms with Crippen molar-refractivity contribution >= 4 is 19.8 Å². The van der Waals surface area contributed by atoms with Gasteiger partial charge in [-0.3, -0.25) is 18.6 Å². The van der Waals surface area contributed by atoms with E-state index in [1.165, 1.54) is 289 Å². The molecule has 0 aliphatic heterocycles. The second-order valence-corrected chi connectivity index (χ2v) is 25.7. The van der Waals surface area contributed by atoms with Gasteiger partial charge in [0.25, 0.3) is 0 Å². The number of rotatable bonds is 63. The second-order valence-electron chi connectivity index (χ2n) is 24.2. The zero-order chi connectivity index (χ0) is 54.9. The second kappa shape index (κ2) is 57.7. The van der Waals surface area contributed by atoms with Gasteiger partial charge in [-0.1, -0.05) is 328 Å². The predicted molar refractivity (Wildman–Crippen MR) is 322 cm³/mol. The van der Waals surface area contributed by atoms with Crippen LogP contribution in [0.1, 0.15) is 354 Å². The Morgan fingerprint density at radius 1 is 0.360 bits per heavy atom. The maximum absolute atomic E-state index is 12.8. The highest BCUT2D eigenvalue weighted by molar-refractivity contribution is 7.47. The first kappa shape index (κ1) is 74.0.